The third kappa shape index (κ3) is 7.42. The van der Waals surface area contributed by atoms with Gasteiger partial charge in [-0.3, -0.25) is 4.98 Å². The molecule has 3 heterocycles. The molecule has 7 heteroatoms. The topological polar surface area (TPSA) is 108 Å². The number of anilines is 2. The number of hydrogen-bond donors (Lipinski definition) is 3. The molecule has 4 N–H and O–H groups in total. The van der Waals surface area contributed by atoms with E-state index in [1.165, 1.54) is 6.42 Å². The summed E-state index contributed by atoms with van der Waals surface area (Å²) in [5, 5.41) is 29.3. The van der Waals surface area contributed by atoms with Gasteiger partial charge in [-0.2, -0.15) is 0 Å². The van der Waals surface area contributed by atoms with E-state index in [0.29, 0.717) is 43.0 Å². The summed E-state index contributed by atoms with van der Waals surface area (Å²) in [6, 6.07) is 12.6. The molecule has 0 saturated carbocycles. The van der Waals surface area contributed by atoms with Crippen LogP contribution in [0.25, 0.3) is 11.3 Å². The molecule has 1 aromatic carbocycles. The molecule has 0 bridgehead atoms. The maximum atomic E-state index is 11.0. The molecule has 186 valence electrons. The molecule has 34 heavy (non-hydrogen) atoms. The molecular formula is C27H41N5O2. The van der Waals surface area contributed by atoms with Crippen molar-refractivity contribution >= 4 is 11.5 Å². The highest BCUT2D eigenvalue weighted by molar-refractivity contribution is 5.74. The van der Waals surface area contributed by atoms with Crippen LogP contribution in [0.3, 0.4) is 0 Å². The SMILES string of the molecule is CC.CC.CCC.Nc1nnc(-c2ccccc2O)cc1N1CCC(O)(c2ccncc2)CC1. The fourth-order valence-electron chi connectivity index (χ4n) is 3.53. The van der Waals surface area contributed by atoms with Crippen molar-refractivity contribution in [2.24, 2.45) is 0 Å². The second-order valence-electron chi connectivity index (χ2n) is 7.48. The number of piperidine rings is 1. The Kier molecular flexibility index (Phi) is 12.6. The quantitative estimate of drug-likeness (QED) is 0.448. The van der Waals surface area contributed by atoms with E-state index in [1.807, 2.05) is 52.0 Å². The number of nitrogens with zero attached hydrogens (tertiary/aromatic N) is 4. The first-order valence-corrected chi connectivity index (χ1v) is 12.3. The molecule has 0 radical (unpaired) electrons. The minimum absolute atomic E-state index is 0.147. The number of aromatic nitrogens is 3. The number of aromatic hydroxyl groups is 1. The molecule has 4 rings (SSSR count). The molecule has 0 spiro atoms. The zero-order valence-corrected chi connectivity index (χ0v) is 21.5. The van der Waals surface area contributed by atoms with Crippen molar-refractivity contribution in [1.82, 2.24) is 15.2 Å². The predicted molar refractivity (Wildman–Crippen MR) is 142 cm³/mol. The second-order valence-corrected chi connectivity index (χ2v) is 7.48. The van der Waals surface area contributed by atoms with E-state index >= 15 is 0 Å². The number of nitrogens with two attached hydrogens (primary N) is 1. The molecular weight excluding hydrogens is 426 g/mol. The minimum atomic E-state index is -0.866. The number of phenols is 1. The van der Waals surface area contributed by atoms with E-state index in [9.17, 15) is 10.2 Å². The van der Waals surface area contributed by atoms with Crippen molar-refractivity contribution in [2.45, 2.75) is 66.4 Å². The molecule has 2 aromatic heterocycles. The van der Waals surface area contributed by atoms with Gasteiger partial charge in [-0.25, -0.2) is 0 Å². The highest BCUT2D eigenvalue weighted by Crippen LogP contribution is 2.37. The highest BCUT2D eigenvalue weighted by Gasteiger charge is 2.34. The standard InChI is InChI=1S/C20H21N5O2.C3H8.2C2H6/c21-19-17(13-16(23-24-19)15-3-1-2-4-18(15)26)25-11-7-20(27,8-12-25)14-5-9-22-10-6-14;1-3-2;2*1-2/h1-6,9-10,13,26-27H,7-8,11-12H2,(H2,21,24);3H2,1-2H3;2*1-2H3. The van der Waals surface area contributed by atoms with E-state index in [1.54, 1.807) is 30.6 Å². The first-order valence-electron chi connectivity index (χ1n) is 12.3. The fraction of sp³-hybridized carbons (Fsp3) is 0.444. The lowest BCUT2D eigenvalue weighted by atomic mass is 9.85. The number of para-hydroxylation sites is 1. The maximum absolute atomic E-state index is 11.0. The number of rotatable bonds is 3. The molecule has 1 fully saturated rings. The molecule has 7 nitrogen and oxygen atoms in total. The van der Waals surface area contributed by atoms with Gasteiger partial charge in [0.2, 0.25) is 0 Å². The summed E-state index contributed by atoms with van der Waals surface area (Å²) in [4.78, 5) is 6.12. The largest absolute Gasteiger partial charge is 0.507 e. The molecule has 0 aliphatic carbocycles. The number of aliphatic hydroxyl groups is 1. The molecule has 3 aromatic rings. The van der Waals surface area contributed by atoms with Crippen LogP contribution < -0.4 is 10.6 Å². The molecule has 0 atom stereocenters. The van der Waals surface area contributed by atoms with E-state index in [2.05, 4.69) is 33.9 Å². The van der Waals surface area contributed by atoms with Crippen LogP contribution in [-0.2, 0) is 5.60 Å². The Morgan fingerprint density at radius 3 is 2.06 bits per heavy atom. The Balaban J connectivity index is 0.000000750. The molecule has 1 aliphatic rings. The summed E-state index contributed by atoms with van der Waals surface area (Å²) in [6.07, 6.45) is 5.79. The van der Waals surface area contributed by atoms with E-state index in [4.69, 9.17) is 5.73 Å². The highest BCUT2D eigenvalue weighted by atomic mass is 16.3. The van der Waals surface area contributed by atoms with Crippen LogP contribution in [0.1, 0.15) is 66.4 Å². The van der Waals surface area contributed by atoms with E-state index in [-0.39, 0.29) is 5.75 Å². The van der Waals surface area contributed by atoms with Crippen LogP contribution >= 0.6 is 0 Å². The van der Waals surface area contributed by atoms with Crippen LogP contribution in [0.2, 0.25) is 0 Å². The summed E-state index contributed by atoms with van der Waals surface area (Å²) in [6.45, 7) is 13.5. The monoisotopic (exact) mass is 467 g/mol. The molecule has 1 aliphatic heterocycles. The number of phenolic OH excluding ortho intramolecular Hbond substituents is 1. The average Bonchev–Trinajstić information content (AvgIpc) is 2.89. The van der Waals surface area contributed by atoms with E-state index < -0.39 is 5.60 Å². The van der Waals surface area contributed by atoms with Crippen molar-refractivity contribution < 1.29 is 10.2 Å². The number of hydrogen-bond acceptors (Lipinski definition) is 7. The zero-order valence-electron chi connectivity index (χ0n) is 21.5. The van der Waals surface area contributed by atoms with Gasteiger partial charge in [0.15, 0.2) is 5.82 Å². The van der Waals surface area contributed by atoms with Crippen molar-refractivity contribution in [3.63, 3.8) is 0 Å². The summed E-state index contributed by atoms with van der Waals surface area (Å²) in [7, 11) is 0. The second kappa shape index (κ2) is 14.9. The Bertz CT molecular complexity index is 958. The van der Waals surface area contributed by atoms with Gasteiger partial charge in [0.1, 0.15) is 5.75 Å². The first-order chi connectivity index (χ1) is 16.5. The average molecular weight is 468 g/mol. The Morgan fingerprint density at radius 1 is 0.941 bits per heavy atom. The summed E-state index contributed by atoms with van der Waals surface area (Å²) in [5.41, 5.74) is 8.02. The molecule has 1 saturated heterocycles. The summed E-state index contributed by atoms with van der Waals surface area (Å²) >= 11 is 0. The van der Waals surface area contributed by atoms with Gasteiger partial charge >= 0.3 is 0 Å². The smallest absolute Gasteiger partial charge is 0.169 e. The number of pyridine rings is 1. The van der Waals surface area contributed by atoms with Crippen LogP contribution in [0, 0.1) is 0 Å². The Labute approximate surface area is 204 Å². The normalized spacial score (nSPS) is 13.8. The lowest BCUT2D eigenvalue weighted by Gasteiger charge is -2.39. The number of nitrogen functional groups attached to an aromatic ring is 1. The van der Waals surface area contributed by atoms with Crippen molar-refractivity contribution in [1.29, 1.82) is 0 Å². The van der Waals surface area contributed by atoms with Gasteiger partial charge < -0.3 is 20.8 Å². The lowest BCUT2D eigenvalue weighted by molar-refractivity contribution is 0.0117. The van der Waals surface area contributed by atoms with Crippen LogP contribution in [0.4, 0.5) is 11.5 Å². The molecule has 0 amide bonds. The van der Waals surface area contributed by atoms with E-state index in [0.717, 1.165) is 11.3 Å². The third-order valence-electron chi connectivity index (χ3n) is 5.13. The number of benzene rings is 1. The van der Waals surface area contributed by atoms with Gasteiger partial charge in [-0.05, 0) is 48.7 Å². The van der Waals surface area contributed by atoms with Gasteiger partial charge in [0, 0.05) is 31.0 Å². The minimum Gasteiger partial charge on any atom is -0.507 e. The molecule has 0 unspecified atom stereocenters. The van der Waals surface area contributed by atoms with Crippen LogP contribution in [-0.4, -0.2) is 38.5 Å². The van der Waals surface area contributed by atoms with Crippen molar-refractivity contribution in [2.75, 3.05) is 23.7 Å². The zero-order chi connectivity index (χ0) is 25.6. The van der Waals surface area contributed by atoms with Gasteiger partial charge in [0.25, 0.3) is 0 Å². The van der Waals surface area contributed by atoms with Crippen molar-refractivity contribution in [3.05, 3.63) is 60.4 Å². The summed E-state index contributed by atoms with van der Waals surface area (Å²) in [5.74, 6) is 0.483. The third-order valence-corrected chi connectivity index (χ3v) is 5.13. The maximum Gasteiger partial charge on any atom is 0.169 e. The van der Waals surface area contributed by atoms with Crippen molar-refractivity contribution in [3.8, 4) is 17.0 Å². The Morgan fingerprint density at radius 2 is 1.50 bits per heavy atom. The van der Waals surface area contributed by atoms with Crippen LogP contribution in [0.5, 0.6) is 5.75 Å². The first kappa shape index (κ1) is 28.8. The predicted octanol–water partition coefficient (Wildman–Crippen LogP) is 5.78. The fourth-order valence-corrected chi connectivity index (χ4v) is 3.53. The van der Waals surface area contributed by atoms with Gasteiger partial charge in [-0.1, -0.05) is 60.1 Å². The van der Waals surface area contributed by atoms with Gasteiger partial charge in [0.05, 0.1) is 17.0 Å². The van der Waals surface area contributed by atoms with Gasteiger partial charge in [-0.15, -0.1) is 10.2 Å². The summed E-state index contributed by atoms with van der Waals surface area (Å²) < 4.78 is 0. The lowest BCUT2D eigenvalue weighted by Crippen LogP contribution is -2.43. The van der Waals surface area contributed by atoms with Crippen LogP contribution in [0.15, 0.2) is 54.9 Å². The Hall–Kier alpha value is -3.19.